The standard InChI is InChI=1S/C11H12ClN3/c12-10-3-1-2-8-6-14-15(11(8)10)9-4-5-13-7-9/h1-3,6,9,13H,4-5,7H2. The lowest BCUT2D eigenvalue weighted by Crippen LogP contribution is -2.14. The molecule has 0 aliphatic carbocycles. The zero-order valence-electron chi connectivity index (χ0n) is 8.28. The van der Waals surface area contributed by atoms with Gasteiger partial charge in [0, 0.05) is 11.9 Å². The molecule has 2 aromatic rings. The number of nitrogens with one attached hydrogen (secondary N) is 1. The van der Waals surface area contributed by atoms with Gasteiger partial charge in [-0.3, -0.25) is 4.68 Å². The largest absolute Gasteiger partial charge is 0.315 e. The number of benzene rings is 1. The number of hydrogen-bond acceptors (Lipinski definition) is 2. The Kier molecular flexibility index (Phi) is 2.15. The summed E-state index contributed by atoms with van der Waals surface area (Å²) in [5, 5.41) is 9.68. The van der Waals surface area contributed by atoms with Crippen LogP contribution < -0.4 is 5.32 Å². The van der Waals surface area contributed by atoms with Crippen LogP contribution >= 0.6 is 11.6 Å². The fraction of sp³-hybridized carbons (Fsp3) is 0.364. The van der Waals surface area contributed by atoms with Crippen LogP contribution in [0.5, 0.6) is 0 Å². The lowest BCUT2D eigenvalue weighted by Gasteiger charge is -2.11. The van der Waals surface area contributed by atoms with Crippen LogP contribution in [0, 0.1) is 0 Å². The highest BCUT2D eigenvalue weighted by Gasteiger charge is 2.19. The van der Waals surface area contributed by atoms with Crippen molar-refractivity contribution in [2.45, 2.75) is 12.5 Å². The topological polar surface area (TPSA) is 29.9 Å². The zero-order chi connectivity index (χ0) is 10.3. The number of aromatic nitrogens is 2. The maximum atomic E-state index is 6.20. The summed E-state index contributed by atoms with van der Waals surface area (Å²) in [6.45, 7) is 2.05. The third-order valence-corrected chi connectivity index (χ3v) is 3.25. The van der Waals surface area contributed by atoms with Gasteiger partial charge in [-0.05, 0) is 19.0 Å². The summed E-state index contributed by atoms with van der Waals surface area (Å²) in [6, 6.07) is 6.38. The van der Waals surface area contributed by atoms with E-state index in [4.69, 9.17) is 11.6 Å². The summed E-state index contributed by atoms with van der Waals surface area (Å²) in [6.07, 6.45) is 3.02. The van der Waals surface area contributed by atoms with Gasteiger partial charge in [0.15, 0.2) is 0 Å². The fourth-order valence-electron chi connectivity index (χ4n) is 2.19. The van der Waals surface area contributed by atoms with Gasteiger partial charge in [0.05, 0.1) is 22.8 Å². The van der Waals surface area contributed by atoms with E-state index in [1.165, 1.54) is 0 Å². The summed E-state index contributed by atoms with van der Waals surface area (Å²) in [5.41, 5.74) is 1.06. The van der Waals surface area contributed by atoms with Gasteiger partial charge in [-0.15, -0.1) is 0 Å². The van der Waals surface area contributed by atoms with Crippen LogP contribution in [-0.4, -0.2) is 22.9 Å². The Morgan fingerprint density at radius 3 is 3.20 bits per heavy atom. The van der Waals surface area contributed by atoms with Crippen LogP contribution in [0.25, 0.3) is 10.9 Å². The van der Waals surface area contributed by atoms with Crippen LogP contribution in [-0.2, 0) is 0 Å². The minimum Gasteiger partial charge on any atom is -0.315 e. The molecule has 78 valence electrons. The molecule has 1 aliphatic heterocycles. The Labute approximate surface area is 93.0 Å². The van der Waals surface area contributed by atoms with Crippen molar-refractivity contribution in [3.63, 3.8) is 0 Å². The molecule has 0 bridgehead atoms. The lowest BCUT2D eigenvalue weighted by atomic mass is 10.2. The Morgan fingerprint density at radius 2 is 2.40 bits per heavy atom. The Bertz CT molecular complexity index is 486. The minimum atomic E-state index is 0.447. The Hall–Kier alpha value is -1.06. The first-order valence-corrected chi connectivity index (χ1v) is 5.56. The van der Waals surface area contributed by atoms with E-state index in [9.17, 15) is 0 Å². The summed E-state index contributed by atoms with van der Waals surface area (Å²) in [5.74, 6) is 0. The van der Waals surface area contributed by atoms with Crippen molar-refractivity contribution in [1.82, 2.24) is 15.1 Å². The highest BCUT2D eigenvalue weighted by molar-refractivity contribution is 6.35. The number of fused-ring (bicyclic) bond motifs is 1. The van der Waals surface area contributed by atoms with Crippen molar-refractivity contribution in [3.8, 4) is 0 Å². The average Bonchev–Trinajstić information content (AvgIpc) is 2.85. The van der Waals surface area contributed by atoms with Gasteiger partial charge in [0.2, 0.25) is 0 Å². The van der Waals surface area contributed by atoms with Gasteiger partial charge in [-0.2, -0.15) is 5.10 Å². The molecule has 1 N–H and O–H groups in total. The molecule has 0 spiro atoms. The lowest BCUT2D eigenvalue weighted by molar-refractivity contribution is 0.506. The van der Waals surface area contributed by atoms with Crippen molar-refractivity contribution in [2.24, 2.45) is 0 Å². The predicted molar refractivity (Wildman–Crippen MR) is 61.3 cm³/mol. The van der Waals surface area contributed by atoms with Gasteiger partial charge in [-0.1, -0.05) is 23.7 Å². The SMILES string of the molecule is Clc1cccc2cnn(C3CCNC3)c12. The van der Waals surface area contributed by atoms with Crippen LogP contribution in [0.15, 0.2) is 24.4 Å². The van der Waals surface area contributed by atoms with Crippen molar-refractivity contribution in [1.29, 1.82) is 0 Å². The van der Waals surface area contributed by atoms with E-state index in [1.807, 2.05) is 24.4 Å². The Morgan fingerprint density at radius 1 is 1.47 bits per heavy atom. The molecule has 0 saturated carbocycles. The molecule has 3 rings (SSSR count). The second-order valence-electron chi connectivity index (χ2n) is 3.91. The summed E-state index contributed by atoms with van der Waals surface area (Å²) in [4.78, 5) is 0. The van der Waals surface area contributed by atoms with E-state index >= 15 is 0 Å². The second kappa shape index (κ2) is 3.51. The minimum absolute atomic E-state index is 0.447. The van der Waals surface area contributed by atoms with Gasteiger partial charge in [-0.25, -0.2) is 0 Å². The van der Waals surface area contributed by atoms with Crippen LogP contribution in [0.3, 0.4) is 0 Å². The van der Waals surface area contributed by atoms with E-state index in [0.29, 0.717) is 6.04 Å². The van der Waals surface area contributed by atoms with Crippen LogP contribution in [0.4, 0.5) is 0 Å². The van der Waals surface area contributed by atoms with Gasteiger partial charge < -0.3 is 5.32 Å². The molecular weight excluding hydrogens is 210 g/mol. The van der Waals surface area contributed by atoms with E-state index in [2.05, 4.69) is 15.1 Å². The Balaban J connectivity index is 2.18. The second-order valence-corrected chi connectivity index (χ2v) is 4.32. The number of hydrogen-bond donors (Lipinski definition) is 1. The highest BCUT2D eigenvalue weighted by atomic mass is 35.5. The van der Waals surface area contributed by atoms with Crippen molar-refractivity contribution >= 4 is 22.5 Å². The molecule has 4 heteroatoms. The summed E-state index contributed by atoms with van der Waals surface area (Å²) in [7, 11) is 0. The quantitative estimate of drug-likeness (QED) is 0.801. The van der Waals surface area contributed by atoms with Gasteiger partial charge >= 0.3 is 0 Å². The van der Waals surface area contributed by atoms with Crippen LogP contribution in [0.1, 0.15) is 12.5 Å². The molecule has 3 nitrogen and oxygen atoms in total. The third-order valence-electron chi connectivity index (χ3n) is 2.95. The van der Waals surface area contributed by atoms with E-state index < -0.39 is 0 Å². The molecule has 1 aromatic carbocycles. The average molecular weight is 222 g/mol. The molecule has 1 aromatic heterocycles. The molecule has 0 radical (unpaired) electrons. The van der Waals surface area contributed by atoms with Crippen LogP contribution in [0.2, 0.25) is 5.02 Å². The van der Waals surface area contributed by atoms with E-state index in [0.717, 1.165) is 35.4 Å². The maximum Gasteiger partial charge on any atom is 0.0872 e. The molecule has 1 aliphatic rings. The first kappa shape index (κ1) is 9.19. The van der Waals surface area contributed by atoms with Crippen molar-refractivity contribution < 1.29 is 0 Å². The monoisotopic (exact) mass is 221 g/mol. The zero-order valence-corrected chi connectivity index (χ0v) is 9.04. The predicted octanol–water partition coefficient (Wildman–Crippen LogP) is 2.22. The van der Waals surface area contributed by atoms with Crippen molar-refractivity contribution in [3.05, 3.63) is 29.4 Å². The van der Waals surface area contributed by atoms with E-state index in [-0.39, 0.29) is 0 Å². The molecule has 1 unspecified atom stereocenters. The number of rotatable bonds is 1. The number of para-hydroxylation sites is 1. The molecule has 1 saturated heterocycles. The molecule has 1 fully saturated rings. The normalized spacial score (nSPS) is 21.3. The highest BCUT2D eigenvalue weighted by Crippen LogP contribution is 2.27. The molecule has 0 amide bonds. The molecular formula is C11H12ClN3. The maximum absolute atomic E-state index is 6.20. The smallest absolute Gasteiger partial charge is 0.0872 e. The van der Waals surface area contributed by atoms with Gasteiger partial charge in [0.1, 0.15) is 0 Å². The number of halogens is 1. The van der Waals surface area contributed by atoms with E-state index in [1.54, 1.807) is 0 Å². The fourth-order valence-corrected chi connectivity index (χ4v) is 2.45. The first-order chi connectivity index (χ1) is 7.36. The molecule has 2 heterocycles. The third kappa shape index (κ3) is 1.43. The summed E-state index contributed by atoms with van der Waals surface area (Å²) >= 11 is 6.20. The first-order valence-electron chi connectivity index (χ1n) is 5.19. The molecule has 1 atom stereocenters. The summed E-state index contributed by atoms with van der Waals surface area (Å²) < 4.78 is 2.05. The number of nitrogens with zero attached hydrogens (tertiary/aromatic N) is 2. The molecule has 15 heavy (non-hydrogen) atoms. The van der Waals surface area contributed by atoms with Gasteiger partial charge in [0.25, 0.3) is 0 Å². The van der Waals surface area contributed by atoms with Crippen molar-refractivity contribution in [2.75, 3.05) is 13.1 Å².